The lowest BCUT2D eigenvalue weighted by Gasteiger charge is -2.22. The van der Waals surface area contributed by atoms with Gasteiger partial charge in [-0.15, -0.1) is 0 Å². The molecule has 3 heterocycles. The normalized spacial score (nSPS) is 28.0. The molecule has 7 heteroatoms. The van der Waals surface area contributed by atoms with E-state index in [0.717, 1.165) is 17.0 Å². The summed E-state index contributed by atoms with van der Waals surface area (Å²) in [6, 6.07) is 0. The number of nitrogens with zero attached hydrogens (tertiary/aromatic N) is 2. The lowest BCUT2D eigenvalue weighted by molar-refractivity contribution is -0.0873. The van der Waals surface area contributed by atoms with Crippen molar-refractivity contribution >= 4 is 0 Å². The number of hydrogen-bond acceptors (Lipinski definition) is 5. The molecule has 1 unspecified atom stereocenters. The summed E-state index contributed by atoms with van der Waals surface area (Å²) in [5.41, 5.74) is -0.229. The Balaban J connectivity index is 1.68. The van der Waals surface area contributed by atoms with E-state index in [1.54, 1.807) is 4.90 Å². The molecule has 3 rings (SSSR count). The molecule has 1 aromatic rings. The van der Waals surface area contributed by atoms with Crippen molar-refractivity contribution in [1.82, 2.24) is 10.1 Å². The number of β-amino-alcohol motifs (C(OH)–C–C–N with tert-alkyl or cyclic N) is 1. The first kappa shape index (κ1) is 13.0. The van der Waals surface area contributed by atoms with Crippen LogP contribution in [0.5, 0.6) is 0 Å². The van der Waals surface area contributed by atoms with Crippen molar-refractivity contribution in [2.24, 2.45) is 0 Å². The fraction of sp³-hybridized carbons (Fsp3) is 0.750. The highest BCUT2D eigenvalue weighted by molar-refractivity contribution is 5.24. The molecule has 0 bridgehead atoms. The fourth-order valence-electron chi connectivity index (χ4n) is 2.63. The van der Waals surface area contributed by atoms with Crippen LogP contribution in [-0.2, 0) is 24.3 Å². The molecular weight excluding hydrogens is 258 g/mol. The molecule has 1 N–H and O–H groups in total. The molecule has 1 saturated heterocycles. The number of hydrogen-bond donors (Lipinski definition) is 1. The molecule has 0 aromatic carbocycles. The van der Waals surface area contributed by atoms with Gasteiger partial charge in [-0.3, -0.25) is 4.90 Å². The Labute approximate surface area is 109 Å². The summed E-state index contributed by atoms with van der Waals surface area (Å²) in [6.45, 7) is 1.89. The first-order valence-corrected chi connectivity index (χ1v) is 6.35. The van der Waals surface area contributed by atoms with E-state index in [1.807, 2.05) is 0 Å². The molecule has 0 saturated carbocycles. The third-order valence-electron chi connectivity index (χ3n) is 3.81. The van der Waals surface area contributed by atoms with E-state index < -0.39 is 12.0 Å². The zero-order valence-corrected chi connectivity index (χ0v) is 10.4. The second-order valence-electron chi connectivity index (χ2n) is 5.20. The summed E-state index contributed by atoms with van der Waals surface area (Å²) in [7, 11) is 0. The minimum Gasteiger partial charge on any atom is -0.383 e. The van der Waals surface area contributed by atoms with Gasteiger partial charge in [0.1, 0.15) is 17.1 Å². The van der Waals surface area contributed by atoms with E-state index in [9.17, 15) is 13.9 Å². The average molecular weight is 274 g/mol. The first-order chi connectivity index (χ1) is 9.08. The van der Waals surface area contributed by atoms with Crippen LogP contribution in [0.1, 0.15) is 23.4 Å². The number of aliphatic hydroxyl groups is 1. The number of likely N-dealkylation sites (tertiary alicyclic amines) is 1. The van der Waals surface area contributed by atoms with Gasteiger partial charge in [0, 0.05) is 31.6 Å². The van der Waals surface area contributed by atoms with Crippen molar-refractivity contribution < 1.29 is 23.1 Å². The van der Waals surface area contributed by atoms with Gasteiger partial charge in [-0.2, -0.15) is 0 Å². The van der Waals surface area contributed by atoms with E-state index in [2.05, 4.69) is 5.16 Å². The molecule has 0 radical (unpaired) electrons. The van der Waals surface area contributed by atoms with Gasteiger partial charge in [0.15, 0.2) is 0 Å². The molecule has 0 amide bonds. The monoisotopic (exact) mass is 274 g/mol. The summed E-state index contributed by atoms with van der Waals surface area (Å²) in [5.74, 6) is 0.824. The molecule has 0 spiro atoms. The number of halogens is 2. The Morgan fingerprint density at radius 2 is 2.32 bits per heavy atom. The minimum atomic E-state index is -2.72. The van der Waals surface area contributed by atoms with Crippen LogP contribution in [0, 0.1) is 0 Å². The van der Waals surface area contributed by atoms with Gasteiger partial charge in [0.2, 0.25) is 0 Å². The van der Waals surface area contributed by atoms with E-state index in [0.29, 0.717) is 32.7 Å². The highest BCUT2D eigenvalue weighted by Crippen LogP contribution is 2.30. The second-order valence-corrected chi connectivity index (χ2v) is 5.20. The van der Waals surface area contributed by atoms with Gasteiger partial charge in [-0.1, -0.05) is 5.16 Å². The van der Waals surface area contributed by atoms with Crippen LogP contribution in [0.15, 0.2) is 4.52 Å². The molecule has 1 aromatic heterocycles. The highest BCUT2D eigenvalue weighted by Gasteiger charge is 2.44. The SMILES string of the molecule is OC1(C(F)F)CCN(Cc2noc3c2COCC3)C1. The third-order valence-corrected chi connectivity index (χ3v) is 3.81. The second kappa shape index (κ2) is 4.81. The van der Waals surface area contributed by atoms with Crippen LogP contribution in [0.25, 0.3) is 0 Å². The lowest BCUT2D eigenvalue weighted by Crippen LogP contribution is -2.40. The molecule has 106 valence electrons. The van der Waals surface area contributed by atoms with Gasteiger partial charge >= 0.3 is 0 Å². The predicted molar refractivity (Wildman–Crippen MR) is 60.7 cm³/mol. The lowest BCUT2D eigenvalue weighted by atomic mass is 10.1. The number of rotatable bonds is 3. The van der Waals surface area contributed by atoms with Crippen molar-refractivity contribution in [3.05, 3.63) is 17.0 Å². The summed E-state index contributed by atoms with van der Waals surface area (Å²) in [6.07, 6.45) is -1.93. The van der Waals surface area contributed by atoms with Gasteiger partial charge in [-0.05, 0) is 6.42 Å². The van der Waals surface area contributed by atoms with Crippen molar-refractivity contribution in [2.75, 3.05) is 19.7 Å². The highest BCUT2D eigenvalue weighted by atomic mass is 19.3. The quantitative estimate of drug-likeness (QED) is 0.889. The van der Waals surface area contributed by atoms with Crippen LogP contribution >= 0.6 is 0 Å². The Bertz CT molecular complexity index is 466. The zero-order valence-electron chi connectivity index (χ0n) is 10.4. The summed E-state index contributed by atoms with van der Waals surface area (Å²) in [5, 5.41) is 13.7. The van der Waals surface area contributed by atoms with Gasteiger partial charge in [0.05, 0.1) is 13.2 Å². The van der Waals surface area contributed by atoms with Crippen LogP contribution < -0.4 is 0 Å². The Kier molecular flexibility index (Phi) is 3.28. The van der Waals surface area contributed by atoms with Crippen molar-refractivity contribution in [1.29, 1.82) is 0 Å². The molecule has 0 aliphatic carbocycles. The molecular formula is C12H16F2N2O3. The maximum atomic E-state index is 12.7. The van der Waals surface area contributed by atoms with Gasteiger partial charge < -0.3 is 14.4 Å². The maximum absolute atomic E-state index is 12.7. The Morgan fingerprint density at radius 3 is 3.05 bits per heavy atom. The Morgan fingerprint density at radius 1 is 1.47 bits per heavy atom. The van der Waals surface area contributed by atoms with Crippen molar-refractivity contribution in [3.63, 3.8) is 0 Å². The van der Waals surface area contributed by atoms with Crippen molar-refractivity contribution in [3.8, 4) is 0 Å². The molecule has 2 aliphatic heterocycles. The zero-order chi connectivity index (χ0) is 13.5. The molecule has 1 atom stereocenters. The first-order valence-electron chi connectivity index (χ1n) is 6.35. The van der Waals surface area contributed by atoms with Crippen molar-refractivity contribution in [2.45, 2.75) is 38.0 Å². The summed E-state index contributed by atoms with van der Waals surface area (Å²) in [4.78, 5) is 1.78. The largest absolute Gasteiger partial charge is 0.383 e. The van der Waals surface area contributed by atoms with E-state index in [1.165, 1.54) is 0 Å². The van der Waals surface area contributed by atoms with Crippen LogP contribution in [-0.4, -0.2) is 46.9 Å². The molecule has 1 fully saturated rings. The number of fused-ring (bicyclic) bond motifs is 1. The van der Waals surface area contributed by atoms with E-state index in [4.69, 9.17) is 9.26 Å². The van der Waals surface area contributed by atoms with Crippen LogP contribution in [0.4, 0.5) is 8.78 Å². The number of ether oxygens (including phenoxy) is 1. The maximum Gasteiger partial charge on any atom is 0.268 e. The van der Waals surface area contributed by atoms with Crippen LogP contribution in [0.2, 0.25) is 0 Å². The molecule has 2 aliphatic rings. The smallest absolute Gasteiger partial charge is 0.268 e. The predicted octanol–water partition coefficient (Wildman–Crippen LogP) is 0.949. The third kappa shape index (κ3) is 2.37. The summed E-state index contributed by atoms with van der Waals surface area (Å²) >= 11 is 0. The molecule has 19 heavy (non-hydrogen) atoms. The van der Waals surface area contributed by atoms with Gasteiger partial charge in [0.25, 0.3) is 6.43 Å². The summed E-state index contributed by atoms with van der Waals surface area (Å²) < 4.78 is 36.0. The standard InChI is InChI=1S/C12H16F2N2O3/c13-11(14)12(17)2-3-16(7-12)5-9-8-6-18-4-1-10(8)19-15-9/h11,17H,1-7H2. The van der Waals surface area contributed by atoms with E-state index >= 15 is 0 Å². The topological polar surface area (TPSA) is 58.7 Å². The number of aromatic nitrogens is 1. The van der Waals surface area contributed by atoms with E-state index in [-0.39, 0.29) is 13.0 Å². The molecule has 5 nitrogen and oxygen atoms in total. The minimum absolute atomic E-state index is 0.0346. The van der Waals surface area contributed by atoms with Gasteiger partial charge in [-0.25, -0.2) is 8.78 Å². The average Bonchev–Trinajstić information content (AvgIpc) is 2.96. The number of alkyl halides is 2. The Hall–Kier alpha value is -1.05. The van der Waals surface area contributed by atoms with Crippen LogP contribution in [0.3, 0.4) is 0 Å². The fourth-order valence-corrected chi connectivity index (χ4v) is 2.63.